The molecule has 6 heteroatoms. The third kappa shape index (κ3) is 6.82. The minimum atomic E-state index is -0.613. The zero-order valence-corrected chi connectivity index (χ0v) is 17.6. The molecule has 0 aliphatic rings. The molecule has 0 saturated carbocycles. The van der Waals surface area contributed by atoms with E-state index in [2.05, 4.69) is 5.32 Å². The molecule has 0 spiro atoms. The average Bonchev–Trinajstić information content (AvgIpc) is 2.75. The number of nitrogens with one attached hydrogen (secondary N) is 1. The summed E-state index contributed by atoms with van der Waals surface area (Å²) in [6.45, 7) is 6.46. The first-order valence-corrected chi connectivity index (χ1v) is 9.84. The number of hydrogen-bond donors (Lipinski definition) is 1. The van der Waals surface area contributed by atoms with E-state index in [1.165, 1.54) is 0 Å². The van der Waals surface area contributed by atoms with Crippen LogP contribution in [0.1, 0.15) is 31.4 Å². The first-order valence-electron chi connectivity index (χ1n) is 9.84. The summed E-state index contributed by atoms with van der Waals surface area (Å²) in [4.78, 5) is 27.0. The molecule has 0 aromatic heterocycles. The van der Waals surface area contributed by atoms with Gasteiger partial charge in [0.1, 0.15) is 17.5 Å². The van der Waals surface area contributed by atoms with Crippen molar-refractivity contribution in [2.24, 2.45) is 0 Å². The lowest BCUT2D eigenvalue weighted by Gasteiger charge is -2.28. The van der Waals surface area contributed by atoms with Crippen molar-refractivity contribution in [3.05, 3.63) is 59.7 Å². The van der Waals surface area contributed by atoms with Crippen LogP contribution in [0, 0.1) is 6.92 Å². The molecule has 0 fully saturated rings. The maximum absolute atomic E-state index is 12.9. The van der Waals surface area contributed by atoms with Gasteiger partial charge in [0.25, 0.3) is 5.91 Å². The van der Waals surface area contributed by atoms with Crippen molar-refractivity contribution in [1.82, 2.24) is 10.2 Å². The Morgan fingerprint density at radius 1 is 1.03 bits per heavy atom. The fraction of sp³-hybridized carbons (Fsp3) is 0.391. The Bertz CT molecular complexity index is 788. The zero-order valence-electron chi connectivity index (χ0n) is 17.6. The van der Waals surface area contributed by atoms with Crippen LogP contribution in [-0.4, -0.2) is 43.0 Å². The fourth-order valence-corrected chi connectivity index (χ4v) is 2.77. The first-order chi connectivity index (χ1) is 13.9. The molecular weight excluding hydrogens is 368 g/mol. The molecule has 0 aliphatic carbocycles. The van der Waals surface area contributed by atoms with E-state index in [9.17, 15) is 9.59 Å². The number of carbonyl (C=O) groups is 2. The molecule has 0 radical (unpaired) electrons. The number of nitrogens with zero attached hydrogens (tertiary/aromatic N) is 1. The number of amides is 2. The van der Waals surface area contributed by atoms with Gasteiger partial charge in [-0.15, -0.1) is 0 Å². The Hall–Kier alpha value is -3.02. The minimum Gasteiger partial charge on any atom is -0.497 e. The summed E-state index contributed by atoms with van der Waals surface area (Å²) in [7, 11) is 1.60. The van der Waals surface area contributed by atoms with Crippen LogP contribution in [0.3, 0.4) is 0 Å². The van der Waals surface area contributed by atoms with Crippen molar-refractivity contribution in [2.75, 3.05) is 20.3 Å². The van der Waals surface area contributed by atoms with Gasteiger partial charge in [-0.3, -0.25) is 9.59 Å². The van der Waals surface area contributed by atoms with Crippen LogP contribution in [0.25, 0.3) is 0 Å². The predicted molar refractivity (Wildman–Crippen MR) is 113 cm³/mol. The summed E-state index contributed by atoms with van der Waals surface area (Å²) < 4.78 is 10.8. The minimum absolute atomic E-state index is 0.134. The molecule has 156 valence electrons. The molecule has 2 amide bonds. The third-order valence-electron chi connectivity index (χ3n) is 4.61. The maximum atomic E-state index is 12.9. The van der Waals surface area contributed by atoms with Gasteiger partial charge in [-0.05, 0) is 50.1 Å². The Morgan fingerprint density at radius 2 is 1.66 bits per heavy atom. The summed E-state index contributed by atoms with van der Waals surface area (Å²) in [5.41, 5.74) is 2.02. The molecule has 2 rings (SSSR count). The second-order valence-electron chi connectivity index (χ2n) is 6.94. The van der Waals surface area contributed by atoms with E-state index in [0.29, 0.717) is 18.8 Å². The van der Waals surface area contributed by atoms with Crippen molar-refractivity contribution >= 4 is 11.8 Å². The van der Waals surface area contributed by atoms with Gasteiger partial charge >= 0.3 is 0 Å². The highest BCUT2D eigenvalue weighted by atomic mass is 16.5. The highest BCUT2D eigenvalue weighted by molar-refractivity contribution is 5.87. The predicted octanol–water partition coefficient (Wildman–Crippen LogP) is 3.33. The molecule has 29 heavy (non-hydrogen) atoms. The lowest BCUT2D eigenvalue weighted by Crippen LogP contribution is -2.49. The monoisotopic (exact) mass is 398 g/mol. The summed E-state index contributed by atoms with van der Waals surface area (Å²) in [5, 5.41) is 2.86. The molecule has 0 bridgehead atoms. The Morgan fingerprint density at radius 3 is 2.24 bits per heavy atom. The molecular formula is C23H30N2O4. The second-order valence-corrected chi connectivity index (χ2v) is 6.94. The smallest absolute Gasteiger partial charge is 0.261 e. The average molecular weight is 399 g/mol. The van der Waals surface area contributed by atoms with E-state index in [4.69, 9.17) is 9.47 Å². The van der Waals surface area contributed by atoms with E-state index < -0.39 is 6.04 Å². The van der Waals surface area contributed by atoms with Gasteiger partial charge in [-0.1, -0.05) is 36.8 Å². The number of hydrogen-bond acceptors (Lipinski definition) is 4. The van der Waals surface area contributed by atoms with Crippen LogP contribution in [0.5, 0.6) is 11.5 Å². The van der Waals surface area contributed by atoms with E-state index in [1.807, 2.05) is 62.4 Å². The number of ether oxygens (including phenoxy) is 2. The normalized spacial score (nSPS) is 11.4. The van der Waals surface area contributed by atoms with E-state index in [0.717, 1.165) is 23.3 Å². The van der Waals surface area contributed by atoms with Crippen LogP contribution in [0.15, 0.2) is 48.5 Å². The highest BCUT2D eigenvalue weighted by Crippen LogP contribution is 2.16. The Balaban J connectivity index is 2.11. The summed E-state index contributed by atoms with van der Waals surface area (Å²) in [6.07, 6.45) is 0.835. The Labute approximate surface area is 172 Å². The molecule has 6 nitrogen and oxygen atoms in total. The van der Waals surface area contributed by atoms with Gasteiger partial charge in [-0.2, -0.15) is 0 Å². The standard InChI is InChI=1S/C23H30N2O4/c1-5-14-24-23(27)18(3)25(15-19-8-12-20(28-4)13-9-19)22(26)16-29-21-10-6-17(2)7-11-21/h6-13,18H,5,14-16H2,1-4H3,(H,24,27)/t18-/m1/s1. The number of methoxy groups -OCH3 is 1. The molecule has 0 unspecified atom stereocenters. The largest absolute Gasteiger partial charge is 0.497 e. The fourth-order valence-electron chi connectivity index (χ4n) is 2.77. The lowest BCUT2D eigenvalue weighted by atomic mass is 10.1. The number of aryl methyl sites for hydroxylation is 1. The maximum Gasteiger partial charge on any atom is 0.261 e. The molecule has 0 aliphatic heterocycles. The SMILES string of the molecule is CCCNC(=O)[C@@H](C)N(Cc1ccc(OC)cc1)C(=O)COc1ccc(C)cc1. The topological polar surface area (TPSA) is 67.9 Å². The number of rotatable bonds is 10. The van der Waals surface area contributed by atoms with Crippen molar-refractivity contribution < 1.29 is 19.1 Å². The van der Waals surface area contributed by atoms with Gasteiger partial charge in [0.15, 0.2) is 6.61 Å². The second kappa shape index (κ2) is 11.1. The van der Waals surface area contributed by atoms with Crippen molar-refractivity contribution in [2.45, 2.75) is 39.8 Å². The zero-order chi connectivity index (χ0) is 21.2. The van der Waals surface area contributed by atoms with Gasteiger partial charge in [-0.25, -0.2) is 0 Å². The van der Waals surface area contributed by atoms with Gasteiger partial charge in [0, 0.05) is 13.1 Å². The van der Waals surface area contributed by atoms with E-state index in [1.54, 1.807) is 18.9 Å². The van der Waals surface area contributed by atoms with Crippen LogP contribution in [-0.2, 0) is 16.1 Å². The molecule has 1 N–H and O–H groups in total. The molecule has 2 aromatic carbocycles. The van der Waals surface area contributed by atoms with Crippen LogP contribution in [0.2, 0.25) is 0 Å². The van der Waals surface area contributed by atoms with Crippen molar-refractivity contribution in [3.63, 3.8) is 0 Å². The molecule has 0 heterocycles. The third-order valence-corrected chi connectivity index (χ3v) is 4.61. The summed E-state index contributed by atoms with van der Waals surface area (Å²) >= 11 is 0. The summed E-state index contributed by atoms with van der Waals surface area (Å²) in [5.74, 6) is 0.934. The van der Waals surface area contributed by atoms with E-state index >= 15 is 0 Å². The van der Waals surface area contributed by atoms with Crippen molar-refractivity contribution in [3.8, 4) is 11.5 Å². The Kier molecular flexibility index (Phi) is 8.52. The highest BCUT2D eigenvalue weighted by Gasteiger charge is 2.26. The van der Waals surface area contributed by atoms with Crippen LogP contribution in [0.4, 0.5) is 0 Å². The van der Waals surface area contributed by atoms with Gasteiger partial charge in [0.2, 0.25) is 5.91 Å². The van der Waals surface area contributed by atoms with Gasteiger partial charge in [0.05, 0.1) is 7.11 Å². The van der Waals surface area contributed by atoms with Crippen molar-refractivity contribution in [1.29, 1.82) is 0 Å². The lowest BCUT2D eigenvalue weighted by molar-refractivity contribution is -0.142. The summed E-state index contributed by atoms with van der Waals surface area (Å²) in [6, 6.07) is 14.3. The quantitative estimate of drug-likeness (QED) is 0.667. The number of benzene rings is 2. The van der Waals surface area contributed by atoms with Crippen LogP contribution < -0.4 is 14.8 Å². The number of carbonyl (C=O) groups excluding carboxylic acids is 2. The molecule has 1 atom stereocenters. The van der Waals surface area contributed by atoms with E-state index in [-0.39, 0.29) is 18.4 Å². The van der Waals surface area contributed by atoms with Crippen LogP contribution >= 0.6 is 0 Å². The molecule has 2 aromatic rings. The first kappa shape index (κ1) is 22.3. The van der Waals surface area contributed by atoms with Gasteiger partial charge < -0.3 is 19.7 Å². The molecule has 0 saturated heterocycles.